The summed E-state index contributed by atoms with van der Waals surface area (Å²) < 4.78 is 0. The van der Waals surface area contributed by atoms with Gasteiger partial charge < -0.3 is 10.4 Å². The van der Waals surface area contributed by atoms with Crippen LogP contribution in [0.1, 0.15) is 37.9 Å². The maximum atomic E-state index is 12.0. The minimum atomic E-state index is -1.07. The number of carbonyl (C=O) groups excluding carboxylic acids is 1. The van der Waals surface area contributed by atoms with Crippen LogP contribution in [-0.4, -0.2) is 17.0 Å². The number of hydrogen-bond acceptors (Lipinski definition) is 2. The molecule has 4 heteroatoms. The zero-order chi connectivity index (χ0) is 14.6. The van der Waals surface area contributed by atoms with Crippen molar-refractivity contribution in [3.63, 3.8) is 0 Å². The van der Waals surface area contributed by atoms with Crippen LogP contribution >= 0.6 is 0 Å². The monoisotopic (exact) mass is 261 g/mol. The molecule has 19 heavy (non-hydrogen) atoms. The van der Waals surface area contributed by atoms with E-state index in [2.05, 4.69) is 5.32 Å². The maximum absolute atomic E-state index is 12.0. The molecular weight excluding hydrogens is 242 g/mol. The summed E-state index contributed by atoms with van der Waals surface area (Å²) in [5.41, 5.74) is 2.41. The first-order chi connectivity index (χ1) is 8.84. The van der Waals surface area contributed by atoms with Gasteiger partial charge in [-0.15, -0.1) is 0 Å². The standard InChI is InChI=1S/C15H19NO3/c1-9-7-5-6-8-13(9)12(4)16-14(17)10(2)11(3)15(18)19/h5-8,12H,1-4H3,(H,16,17)(H,18,19)/b11-10-/t12-/m1/s1. The van der Waals surface area contributed by atoms with E-state index in [-0.39, 0.29) is 23.1 Å². The Bertz CT molecular complexity index is 532. The molecule has 0 unspecified atom stereocenters. The number of aryl methyl sites for hydroxylation is 1. The second kappa shape index (κ2) is 6.18. The topological polar surface area (TPSA) is 66.4 Å². The van der Waals surface area contributed by atoms with Crippen LogP contribution in [0, 0.1) is 6.92 Å². The molecule has 0 aliphatic heterocycles. The van der Waals surface area contributed by atoms with Gasteiger partial charge in [0.25, 0.3) is 0 Å². The van der Waals surface area contributed by atoms with Crippen LogP contribution in [0.15, 0.2) is 35.4 Å². The summed E-state index contributed by atoms with van der Waals surface area (Å²) >= 11 is 0. The molecule has 0 spiro atoms. The summed E-state index contributed by atoms with van der Waals surface area (Å²) in [6, 6.07) is 7.61. The van der Waals surface area contributed by atoms with Crippen LogP contribution in [0.25, 0.3) is 0 Å². The summed E-state index contributed by atoms with van der Waals surface area (Å²) in [4.78, 5) is 22.8. The first kappa shape index (κ1) is 15.0. The molecule has 1 aromatic rings. The van der Waals surface area contributed by atoms with Crippen molar-refractivity contribution >= 4 is 11.9 Å². The van der Waals surface area contributed by atoms with Gasteiger partial charge in [0.15, 0.2) is 0 Å². The van der Waals surface area contributed by atoms with Crippen molar-refractivity contribution in [1.82, 2.24) is 5.32 Å². The van der Waals surface area contributed by atoms with Crippen molar-refractivity contribution < 1.29 is 14.7 Å². The molecule has 0 saturated carbocycles. The largest absolute Gasteiger partial charge is 0.478 e. The Morgan fingerprint density at radius 2 is 1.74 bits per heavy atom. The van der Waals surface area contributed by atoms with Gasteiger partial charge in [-0.2, -0.15) is 0 Å². The molecule has 2 N–H and O–H groups in total. The van der Waals surface area contributed by atoms with Gasteiger partial charge in [-0.3, -0.25) is 4.79 Å². The summed E-state index contributed by atoms with van der Waals surface area (Å²) in [5, 5.41) is 11.7. The van der Waals surface area contributed by atoms with E-state index >= 15 is 0 Å². The van der Waals surface area contributed by atoms with Crippen molar-refractivity contribution in [2.24, 2.45) is 0 Å². The number of carboxylic acid groups (broad SMARTS) is 1. The molecule has 102 valence electrons. The minimum Gasteiger partial charge on any atom is -0.478 e. The highest BCUT2D eigenvalue weighted by Gasteiger charge is 2.16. The van der Waals surface area contributed by atoms with Gasteiger partial charge in [0, 0.05) is 11.1 Å². The van der Waals surface area contributed by atoms with Gasteiger partial charge in [0.1, 0.15) is 0 Å². The molecule has 1 amide bonds. The minimum absolute atomic E-state index is 0.0643. The second-order valence-corrected chi connectivity index (χ2v) is 4.61. The Labute approximate surface area is 113 Å². The van der Waals surface area contributed by atoms with Crippen molar-refractivity contribution in [3.05, 3.63) is 46.5 Å². The zero-order valence-corrected chi connectivity index (χ0v) is 11.7. The fourth-order valence-corrected chi connectivity index (χ4v) is 1.79. The third kappa shape index (κ3) is 3.68. The lowest BCUT2D eigenvalue weighted by atomic mass is 10.0. The summed E-state index contributed by atoms with van der Waals surface area (Å²) in [6.45, 7) is 6.80. The number of carbonyl (C=O) groups is 2. The number of carboxylic acids is 1. The Hall–Kier alpha value is -2.10. The lowest BCUT2D eigenvalue weighted by molar-refractivity contribution is -0.133. The predicted molar refractivity (Wildman–Crippen MR) is 73.7 cm³/mol. The van der Waals surface area contributed by atoms with E-state index < -0.39 is 5.97 Å². The number of amides is 1. The highest BCUT2D eigenvalue weighted by Crippen LogP contribution is 2.17. The Morgan fingerprint density at radius 3 is 2.26 bits per heavy atom. The highest BCUT2D eigenvalue weighted by atomic mass is 16.4. The molecule has 0 aliphatic carbocycles. The fourth-order valence-electron chi connectivity index (χ4n) is 1.79. The molecule has 0 fully saturated rings. The van der Waals surface area contributed by atoms with Crippen LogP contribution < -0.4 is 5.32 Å². The lowest BCUT2D eigenvalue weighted by Crippen LogP contribution is -2.28. The van der Waals surface area contributed by atoms with Gasteiger partial charge in [0.05, 0.1) is 6.04 Å². The Morgan fingerprint density at radius 1 is 1.16 bits per heavy atom. The number of aliphatic carboxylic acids is 1. The van der Waals surface area contributed by atoms with E-state index in [1.54, 1.807) is 0 Å². The van der Waals surface area contributed by atoms with Gasteiger partial charge >= 0.3 is 5.97 Å². The molecule has 0 bridgehead atoms. The van der Waals surface area contributed by atoms with Crippen LogP contribution in [0.4, 0.5) is 0 Å². The van der Waals surface area contributed by atoms with E-state index in [4.69, 9.17) is 5.11 Å². The molecule has 1 atom stereocenters. The first-order valence-corrected chi connectivity index (χ1v) is 6.11. The smallest absolute Gasteiger partial charge is 0.331 e. The molecule has 1 aromatic carbocycles. The van der Waals surface area contributed by atoms with Crippen LogP contribution in [0.2, 0.25) is 0 Å². The molecule has 0 radical (unpaired) electrons. The normalized spacial score (nSPS) is 13.5. The van der Waals surface area contributed by atoms with Gasteiger partial charge in [-0.1, -0.05) is 24.3 Å². The first-order valence-electron chi connectivity index (χ1n) is 6.11. The van der Waals surface area contributed by atoms with Crippen LogP contribution in [0.5, 0.6) is 0 Å². The molecule has 1 rings (SSSR count). The third-order valence-corrected chi connectivity index (χ3v) is 3.23. The van der Waals surface area contributed by atoms with Crippen LogP contribution in [0.3, 0.4) is 0 Å². The van der Waals surface area contributed by atoms with E-state index in [1.165, 1.54) is 13.8 Å². The quantitative estimate of drug-likeness (QED) is 0.819. The van der Waals surface area contributed by atoms with Crippen LogP contribution in [-0.2, 0) is 9.59 Å². The number of rotatable bonds is 4. The molecule has 0 heterocycles. The number of hydrogen-bond donors (Lipinski definition) is 2. The fraction of sp³-hybridized carbons (Fsp3) is 0.333. The molecule has 0 aromatic heterocycles. The second-order valence-electron chi connectivity index (χ2n) is 4.61. The summed E-state index contributed by atoms with van der Waals surface area (Å²) in [7, 11) is 0. The van der Waals surface area contributed by atoms with Crippen molar-refractivity contribution in [2.45, 2.75) is 33.7 Å². The number of benzene rings is 1. The molecule has 0 saturated heterocycles. The summed E-state index contributed by atoms with van der Waals surface area (Å²) in [6.07, 6.45) is 0. The SMILES string of the molecule is C/C(C(=O)O)=C(\C)C(=O)N[C@H](C)c1ccccc1C. The summed E-state index contributed by atoms with van der Waals surface area (Å²) in [5.74, 6) is -1.42. The zero-order valence-electron chi connectivity index (χ0n) is 11.7. The van der Waals surface area contributed by atoms with Crippen molar-refractivity contribution in [3.8, 4) is 0 Å². The van der Waals surface area contributed by atoms with E-state index in [0.29, 0.717) is 0 Å². The van der Waals surface area contributed by atoms with Gasteiger partial charge in [-0.25, -0.2) is 4.79 Å². The van der Waals surface area contributed by atoms with E-state index in [0.717, 1.165) is 11.1 Å². The van der Waals surface area contributed by atoms with E-state index in [1.807, 2.05) is 38.1 Å². The van der Waals surface area contributed by atoms with Gasteiger partial charge in [-0.05, 0) is 38.8 Å². The Balaban J connectivity index is 2.87. The molecular formula is C15H19NO3. The van der Waals surface area contributed by atoms with Gasteiger partial charge in [0.2, 0.25) is 5.91 Å². The Kier molecular flexibility index (Phi) is 4.87. The molecule has 0 aliphatic rings. The lowest BCUT2D eigenvalue weighted by Gasteiger charge is -2.17. The maximum Gasteiger partial charge on any atom is 0.331 e. The predicted octanol–water partition coefficient (Wildman–Crippen LogP) is 2.59. The number of nitrogens with one attached hydrogen (secondary N) is 1. The molecule has 4 nitrogen and oxygen atoms in total. The van der Waals surface area contributed by atoms with Crippen molar-refractivity contribution in [2.75, 3.05) is 0 Å². The average Bonchev–Trinajstić information content (AvgIpc) is 2.37. The third-order valence-electron chi connectivity index (χ3n) is 3.23. The van der Waals surface area contributed by atoms with E-state index in [9.17, 15) is 9.59 Å². The average molecular weight is 261 g/mol. The highest BCUT2D eigenvalue weighted by molar-refractivity contribution is 6.01. The van der Waals surface area contributed by atoms with Crippen molar-refractivity contribution in [1.29, 1.82) is 0 Å².